The molecule has 1 amide bonds. The lowest BCUT2D eigenvalue weighted by Crippen LogP contribution is -2.35. The summed E-state index contributed by atoms with van der Waals surface area (Å²) < 4.78 is 0. The lowest BCUT2D eigenvalue weighted by atomic mass is 10.1. The fourth-order valence-corrected chi connectivity index (χ4v) is 1.10. The molecule has 0 aliphatic rings. The summed E-state index contributed by atoms with van der Waals surface area (Å²) in [6.07, 6.45) is 1.89. The van der Waals surface area contributed by atoms with Gasteiger partial charge in [0.15, 0.2) is 0 Å². The molecule has 0 aromatic carbocycles. The van der Waals surface area contributed by atoms with E-state index in [9.17, 15) is 4.79 Å². The summed E-state index contributed by atoms with van der Waals surface area (Å²) in [7, 11) is 0. The molecule has 13 heavy (non-hydrogen) atoms. The van der Waals surface area contributed by atoms with Crippen molar-refractivity contribution in [2.45, 2.75) is 45.2 Å². The first kappa shape index (κ1) is 12.4. The highest BCUT2D eigenvalue weighted by molar-refractivity contribution is 5.76. The molecule has 4 nitrogen and oxygen atoms in total. The molecule has 0 saturated carbocycles. The Labute approximate surface area is 79.5 Å². The number of hydrogen-bond donors (Lipinski definition) is 3. The predicted octanol–water partition coefficient (Wildman–Crippen LogP) is 0.000900. The maximum atomic E-state index is 11.2. The highest BCUT2D eigenvalue weighted by Gasteiger charge is 2.08. The summed E-state index contributed by atoms with van der Waals surface area (Å²) in [6, 6.07) is 0.0310. The second kappa shape index (κ2) is 6.86. The van der Waals surface area contributed by atoms with E-state index in [1.54, 1.807) is 6.92 Å². The zero-order chi connectivity index (χ0) is 10.3. The number of hydrogen-bond acceptors (Lipinski definition) is 3. The first-order chi connectivity index (χ1) is 6.06. The molecule has 0 aromatic heterocycles. The third kappa shape index (κ3) is 7.74. The van der Waals surface area contributed by atoms with Gasteiger partial charge in [-0.2, -0.15) is 0 Å². The Bertz CT molecular complexity index is 149. The van der Waals surface area contributed by atoms with Gasteiger partial charge in [-0.1, -0.05) is 0 Å². The van der Waals surface area contributed by atoms with E-state index in [2.05, 4.69) is 5.32 Å². The number of aliphatic hydroxyl groups excluding tert-OH is 1. The zero-order valence-electron chi connectivity index (χ0n) is 8.42. The van der Waals surface area contributed by atoms with Gasteiger partial charge in [0, 0.05) is 25.1 Å². The van der Waals surface area contributed by atoms with Crippen molar-refractivity contribution in [2.75, 3.05) is 6.61 Å². The van der Waals surface area contributed by atoms with E-state index < -0.39 is 0 Å². The minimum Gasteiger partial charge on any atom is -0.396 e. The summed E-state index contributed by atoms with van der Waals surface area (Å²) in [5.41, 5.74) is 5.47. The fraction of sp³-hybridized carbons (Fsp3) is 0.889. The van der Waals surface area contributed by atoms with Gasteiger partial charge in [-0.3, -0.25) is 4.79 Å². The topological polar surface area (TPSA) is 75.4 Å². The van der Waals surface area contributed by atoms with E-state index in [4.69, 9.17) is 10.8 Å². The molecule has 78 valence electrons. The van der Waals surface area contributed by atoms with Crippen LogP contribution in [0.15, 0.2) is 0 Å². The summed E-state index contributed by atoms with van der Waals surface area (Å²) in [5.74, 6) is -0.0135. The summed E-state index contributed by atoms with van der Waals surface area (Å²) in [5, 5.41) is 11.4. The maximum Gasteiger partial charge on any atom is 0.221 e. The van der Waals surface area contributed by atoms with Gasteiger partial charge < -0.3 is 16.2 Å². The molecule has 0 spiro atoms. The molecule has 0 aromatic rings. The molecular weight excluding hydrogens is 168 g/mol. The second-order valence-corrected chi connectivity index (χ2v) is 3.52. The van der Waals surface area contributed by atoms with Gasteiger partial charge in [-0.15, -0.1) is 0 Å². The van der Waals surface area contributed by atoms with Gasteiger partial charge in [-0.25, -0.2) is 0 Å². The van der Waals surface area contributed by atoms with Crippen molar-refractivity contribution in [3.8, 4) is 0 Å². The van der Waals surface area contributed by atoms with Crippen LogP contribution in [0.5, 0.6) is 0 Å². The first-order valence-corrected chi connectivity index (χ1v) is 4.72. The molecule has 0 bridgehead atoms. The van der Waals surface area contributed by atoms with E-state index >= 15 is 0 Å². The molecule has 2 atom stereocenters. The number of carbonyl (C=O) groups excluding carboxylic acids is 1. The van der Waals surface area contributed by atoms with Crippen LogP contribution in [0.2, 0.25) is 0 Å². The average Bonchev–Trinajstić information content (AvgIpc) is 1.98. The molecule has 0 aliphatic carbocycles. The number of nitrogens with two attached hydrogens (primary N) is 1. The quantitative estimate of drug-likeness (QED) is 0.549. The van der Waals surface area contributed by atoms with Crippen LogP contribution in [0, 0.1) is 0 Å². The SMILES string of the molecule is CC(N)CC(=O)NC(C)CCCO. The van der Waals surface area contributed by atoms with Crippen LogP contribution in [0.25, 0.3) is 0 Å². The molecule has 0 saturated heterocycles. The largest absolute Gasteiger partial charge is 0.396 e. The van der Waals surface area contributed by atoms with Gasteiger partial charge in [0.1, 0.15) is 0 Å². The number of amides is 1. The molecule has 0 heterocycles. The molecule has 2 unspecified atom stereocenters. The average molecular weight is 188 g/mol. The van der Waals surface area contributed by atoms with E-state index in [-0.39, 0.29) is 24.6 Å². The van der Waals surface area contributed by atoms with Crippen molar-refractivity contribution in [1.82, 2.24) is 5.32 Å². The number of rotatable bonds is 6. The Morgan fingerprint density at radius 2 is 2.15 bits per heavy atom. The molecule has 4 N–H and O–H groups in total. The Morgan fingerprint density at radius 1 is 1.54 bits per heavy atom. The van der Waals surface area contributed by atoms with Gasteiger partial charge >= 0.3 is 0 Å². The maximum absolute atomic E-state index is 11.2. The summed E-state index contributed by atoms with van der Waals surface area (Å²) in [6.45, 7) is 3.90. The van der Waals surface area contributed by atoms with Gasteiger partial charge in [0.05, 0.1) is 0 Å². The predicted molar refractivity (Wildman–Crippen MR) is 52.2 cm³/mol. The molecule has 4 heteroatoms. The van der Waals surface area contributed by atoms with Crippen molar-refractivity contribution in [1.29, 1.82) is 0 Å². The Morgan fingerprint density at radius 3 is 2.62 bits per heavy atom. The van der Waals surface area contributed by atoms with Crippen molar-refractivity contribution >= 4 is 5.91 Å². The van der Waals surface area contributed by atoms with Crippen LogP contribution in [0.1, 0.15) is 33.1 Å². The minimum atomic E-state index is -0.0926. The third-order valence-electron chi connectivity index (χ3n) is 1.71. The van der Waals surface area contributed by atoms with Crippen molar-refractivity contribution in [2.24, 2.45) is 5.73 Å². The lowest BCUT2D eigenvalue weighted by Gasteiger charge is -2.13. The van der Waals surface area contributed by atoms with E-state index in [1.165, 1.54) is 0 Å². The fourth-order valence-electron chi connectivity index (χ4n) is 1.10. The lowest BCUT2D eigenvalue weighted by molar-refractivity contribution is -0.122. The van der Waals surface area contributed by atoms with E-state index in [0.29, 0.717) is 6.42 Å². The molecule has 0 fully saturated rings. The standard InChI is InChI=1S/C9H20N2O2/c1-7(10)6-9(13)11-8(2)4-3-5-12/h7-8,12H,3-6,10H2,1-2H3,(H,11,13). The first-order valence-electron chi connectivity index (χ1n) is 4.72. The van der Waals surface area contributed by atoms with Crippen LogP contribution in [0.3, 0.4) is 0 Å². The smallest absolute Gasteiger partial charge is 0.221 e. The van der Waals surface area contributed by atoms with Gasteiger partial charge in [0.25, 0.3) is 0 Å². The van der Waals surface area contributed by atoms with Crippen LogP contribution in [-0.2, 0) is 4.79 Å². The monoisotopic (exact) mass is 188 g/mol. The van der Waals surface area contributed by atoms with Crippen molar-refractivity contribution in [3.05, 3.63) is 0 Å². The van der Waals surface area contributed by atoms with Gasteiger partial charge in [0.2, 0.25) is 5.91 Å². The molecular formula is C9H20N2O2. The van der Waals surface area contributed by atoms with E-state index in [0.717, 1.165) is 12.8 Å². The molecule has 0 rings (SSSR count). The highest BCUT2D eigenvalue weighted by atomic mass is 16.2. The zero-order valence-corrected chi connectivity index (χ0v) is 8.42. The van der Waals surface area contributed by atoms with Crippen molar-refractivity contribution in [3.63, 3.8) is 0 Å². The Kier molecular flexibility index (Phi) is 6.54. The Hall–Kier alpha value is -0.610. The van der Waals surface area contributed by atoms with E-state index in [1.807, 2.05) is 6.92 Å². The minimum absolute atomic E-state index is 0.0135. The summed E-state index contributed by atoms with van der Waals surface area (Å²) >= 11 is 0. The number of carbonyl (C=O) groups is 1. The summed E-state index contributed by atoms with van der Waals surface area (Å²) in [4.78, 5) is 11.2. The normalized spacial score (nSPS) is 15.1. The van der Waals surface area contributed by atoms with Crippen LogP contribution in [-0.4, -0.2) is 29.7 Å². The van der Waals surface area contributed by atoms with Crippen LogP contribution >= 0.6 is 0 Å². The molecule has 0 aliphatic heterocycles. The second-order valence-electron chi connectivity index (χ2n) is 3.52. The number of aliphatic hydroxyl groups is 1. The van der Waals surface area contributed by atoms with Crippen LogP contribution < -0.4 is 11.1 Å². The Balaban J connectivity index is 3.53. The number of nitrogens with one attached hydrogen (secondary N) is 1. The van der Waals surface area contributed by atoms with Crippen molar-refractivity contribution < 1.29 is 9.90 Å². The molecule has 0 radical (unpaired) electrons. The van der Waals surface area contributed by atoms with Crippen LogP contribution in [0.4, 0.5) is 0 Å². The van der Waals surface area contributed by atoms with Gasteiger partial charge in [-0.05, 0) is 26.7 Å². The third-order valence-corrected chi connectivity index (χ3v) is 1.71. The highest BCUT2D eigenvalue weighted by Crippen LogP contribution is 1.96.